The van der Waals surface area contributed by atoms with Gasteiger partial charge in [-0.2, -0.15) is 0 Å². The Morgan fingerprint density at radius 1 is 0.202 bits per heavy atom. The first-order valence-corrected chi connectivity index (χ1v) is 58.6. The van der Waals surface area contributed by atoms with Crippen molar-refractivity contribution in [1.82, 2.24) is 40.3 Å². The number of unbranched alkanes of at least 4 members (excludes halogenated alkanes) is 3. The Labute approximate surface area is 812 Å². The molecule has 0 amide bonds. The van der Waals surface area contributed by atoms with Gasteiger partial charge >= 0.3 is 158 Å². The van der Waals surface area contributed by atoms with Gasteiger partial charge in [0.05, 0.1) is 11.4 Å². The second-order valence-electron chi connectivity index (χ2n) is 29.6. The first-order valence-electron chi connectivity index (χ1n) is 43.4. The summed E-state index contributed by atoms with van der Waals surface area (Å²) in [6.07, 6.45) is 11.5. The molecule has 0 aliphatic carbocycles. The van der Waals surface area contributed by atoms with Crippen LogP contribution in [0.5, 0.6) is 0 Å². The Balaban J connectivity index is 0.000000147. The Bertz CT molecular complexity index is 5160. The molecule has 17 heteroatoms. The van der Waals surface area contributed by atoms with E-state index in [1.165, 1.54) is 119 Å². The monoisotopic (exact) mass is 2150 g/mol. The Morgan fingerprint density at radius 3 is 0.589 bits per heavy atom. The zero-order chi connectivity index (χ0) is 88.7. The Morgan fingerprint density at radius 2 is 0.403 bits per heavy atom. The number of hydrogen-bond donors (Lipinski definition) is 0. The predicted molar refractivity (Wildman–Crippen MR) is 566 cm³/mol. The third-order valence-corrected chi connectivity index (χ3v) is 46.8. The molecule has 12 aromatic carbocycles. The van der Waals surface area contributed by atoms with E-state index in [1.807, 2.05) is 91.1 Å². The Kier molecular flexibility index (Phi) is 43.7. The minimum absolute atomic E-state index is 0. The second-order valence-corrected chi connectivity index (χ2v) is 54.0. The number of benzene rings is 12. The molecule has 6 heterocycles. The van der Waals surface area contributed by atoms with E-state index in [2.05, 4.69) is 480 Å². The van der Waals surface area contributed by atoms with Crippen LogP contribution in [0.25, 0.3) is 34.2 Å². The van der Waals surface area contributed by atoms with Crippen LogP contribution >= 0.6 is 79.5 Å². The molecule has 648 valence electrons. The van der Waals surface area contributed by atoms with Crippen LogP contribution in [-0.4, -0.2) is 58.7 Å². The average molecular weight is 2150 g/mol. The average Bonchev–Trinajstić information content (AvgIpc) is 0.796. The van der Waals surface area contributed by atoms with Gasteiger partial charge in [-0.1, -0.05) is 382 Å². The summed E-state index contributed by atoms with van der Waals surface area (Å²) in [5, 5.41) is 34.5. The van der Waals surface area contributed by atoms with Crippen LogP contribution in [0.15, 0.2) is 487 Å². The van der Waals surface area contributed by atoms with Crippen molar-refractivity contribution in [3.05, 3.63) is 487 Å². The molecule has 0 radical (unpaired) electrons. The van der Waals surface area contributed by atoms with Crippen molar-refractivity contribution in [3.63, 3.8) is 0 Å². The van der Waals surface area contributed by atoms with Gasteiger partial charge in [-0.05, 0) is 192 Å². The first kappa shape index (κ1) is 99.6. The fraction of sp³-hybridized carbons (Fsp3) is 0.107. The molecule has 0 spiro atoms. The fourth-order valence-electron chi connectivity index (χ4n) is 14.3. The molecular weight excluding hydrogens is 2050 g/mol. The fourth-order valence-corrected chi connectivity index (χ4v) is 40.0. The Hall–Kier alpha value is -9.98. The molecule has 18 aromatic rings. The van der Waals surface area contributed by atoms with Crippen LogP contribution in [0.3, 0.4) is 0 Å². The number of pyridine rings is 4. The second kappa shape index (κ2) is 56.6. The van der Waals surface area contributed by atoms with E-state index >= 15 is 0 Å². The van der Waals surface area contributed by atoms with Crippen molar-refractivity contribution in [1.29, 1.82) is 0 Å². The van der Waals surface area contributed by atoms with Crippen LogP contribution < -0.4 is 67.4 Å². The maximum absolute atomic E-state index is 4.79. The van der Waals surface area contributed by atoms with Crippen molar-refractivity contribution in [2.75, 3.05) is 0 Å². The molecule has 0 aliphatic rings. The van der Waals surface area contributed by atoms with E-state index in [9.17, 15) is 0 Å². The largest absolute Gasteiger partial charge is 0.0622 e. The van der Waals surface area contributed by atoms with Crippen molar-refractivity contribution in [3.8, 4) is 34.2 Å². The molecule has 0 aliphatic heterocycles. The molecule has 6 aromatic heterocycles. The van der Waals surface area contributed by atoms with Crippen LogP contribution in [0.2, 0.25) is 13.3 Å². The summed E-state index contributed by atoms with van der Waals surface area (Å²) in [6.45, 7) is 6.93. The minimum atomic E-state index is -2.45. The maximum atomic E-state index is 4.79. The summed E-state index contributed by atoms with van der Waals surface area (Å²) in [4.78, 5) is 17.0. The number of rotatable bonds is 25. The van der Waals surface area contributed by atoms with Crippen molar-refractivity contribution in [2.24, 2.45) is 0 Å². The summed E-state index contributed by atoms with van der Waals surface area (Å²) in [5.41, 5.74) is 4.89. The van der Waals surface area contributed by atoms with E-state index in [0.717, 1.165) is 48.0 Å². The zero-order valence-electron chi connectivity index (χ0n) is 72.7. The molecule has 8 nitrogen and oxygen atoms in total. The van der Waals surface area contributed by atoms with E-state index in [4.69, 9.17) is 5.10 Å². The molecule has 0 unspecified atom stereocenters. The molecular formula is C112H105Br3N8P4PdSn. The topological polar surface area (TPSA) is 103 Å². The molecule has 0 saturated carbocycles. The van der Waals surface area contributed by atoms with Gasteiger partial charge in [0.2, 0.25) is 0 Å². The number of nitrogens with zero attached hydrogens (tertiary/aromatic N) is 8. The van der Waals surface area contributed by atoms with Crippen molar-refractivity contribution >= 4 is 165 Å². The molecule has 0 saturated heterocycles. The molecule has 18 rings (SSSR count). The van der Waals surface area contributed by atoms with Gasteiger partial charge in [-0.3, -0.25) is 4.98 Å². The predicted octanol–water partition coefficient (Wildman–Crippen LogP) is 25.3. The van der Waals surface area contributed by atoms with E-state index < -0.39 is 50.1 Å². The smallest absolute Gasteiger partial charge is 0 e. The first-order chi connectivity index (χ1) is 63.2. The third-order valence-electron chi connectivity index (χ3n) is 20.6. The molecule has 0 fully saturated rings. The van der Waals surface area contributed by atoms with Crippen LogP contribution in [-0.2, 0) is 20.4 Å². The third kappa shape index (κ3) is 31.9. The molecule has 0 bridgehead atoms. The van der Waals surface area contributed by atoms with E-state index in [0.29, 0.717) is 0 Å². The van der Waals surface area contributed by atoms with Crippen molar-refractivity contribution < 1.29 is 20.4 Å². The van der Waals surface area contributed by atoms with E-state index in [-0.39, 0.29) is 20.4 Å². The minimum Gasteiger partial charge on any atom is -0.0622 e. The summed E-state index contributed by atoms with van der Waals surface area (Å²) in [5.74, 6) is 0. The van der Waals surface area contributed by atoms with Gasteiger partial charge in [-0.15, -0.1) is 10.2 Å². The molecule has 0 N–H and O–H groups in total. The number of aromatic nitrogens is 8. The zero-order valence-corrected chi connectivity index (χ0v) is 85.5. The maximum Gasteiger partial charge on any atom is 0 e. The van der Waals surface area contributed by atoms with Gasteiger partial charge in [0.25, 0.3) is 0 Å². The van der Waals surface area contributed by atoms with Gasteiger partial charge < -0.3 is 0 Å². The number of hydrogen-bond acceptors (Lipinski definition) is 8. The quantitative estimate of drug-likeness (QED) is 0.0317. The van der Waals surface area contributed by atoms with Gasteiger partial charge in [0.15, 0.2) is 0 Å². The van der Waals surface area contributed by atoms with Gasteiger partial charge in [-0.25, -0.2) is 9.97 Å². The SMILES string of the molecule is Brc1cccc(-c2ccc(-c3ccccn3)nn2)n1.Brc1cccc(Br)n1.CCC[CH2][Sn]([CH2]CCC)([CH2]CCC)[c]1ccc(-c2ccccn2)nn1.[Pd].c1ccc(P(c2ccccc2)c2ccccc2)cc1.c1ccc(P(c2ccccc2)c2ccccc2)cc1.c1ccc(P(c2ccccc2)c2ccccc2)cc1.c1ccc(P(c2ccccc2)c2ccccc2)cc1. The number of halogens is 3. The van der Waals surface area contributed by atoms with Gasteiger partial charge in [0.1, 0.15) is 25.2 Å². The summed E-state index contributed by atoms with van der Waals surface area (Å²) >= 11 is 7.34. The molecule has 129 heavy (non-hydrogen) atoms. The summed E-state index contributed by atoms with van der Waals surface area (Å²) in [7, 11) is -1.78. The normalized spacial score (nSPS) is 10.6. The van der Waals surface area contributed by atoms with Crippen LogP contribution in [0.1, 0.15) is 59.3 Å². The van der Waals surface area contributed by atoms with E-state index in [1.54, 1.807) is 6.20 Å². The summed E-state index contributed by atoms with van der Waals surface area (Å²) in [6, 6.07) is 161. The van der Waals surface area contributed by atoms with Crippen LogP contribution in [0, 0.1) is 0 Å². The summed E-state index contributed by atoms with van der Waals surface area (Å²) < 4.78 is 8.18. The standard InChI is InChI=1S/4C18H15P.C14H9BrN4.C9H6N3.C5H3Br2N.3C4H9.Pd.Sn/c4*1-4-10-16(11-5-1)19(17-12-6-2-7-13-17)18-14-8-3-9-15-18;15-14-6-3-5-11(17-14)13-8-7-12(18-19-13)10-4-1-2-9-16-10;1-2-6-10-8(4-1)9-5-3-7-11-12-9;6-4-2-1-3-5(7)8-4;3*1-3-4-2;;/h4*1-15H;1-9H;1-6H;1-3H;3*1,3-4H2,2H3;;. The van der Waals surface area contributed by atoms with Crippen molar-refractivity contribution in [2.45, 2.75) is 72.6 Å². The van der Waals surface area contributed by atoms with Gasteiger partial charge in [0, 0.05) is 26.6 Å². The molecule has 0 atom stereocenters. The van der Waals surface area contributed by atoms with Crippen LogP contribution in [0.4, 0.5) is 0 Å².